The van der Waals surface area contributed by atoms with Crippen molar-refractivity contribution in [3.63, 3.8) is 0 Å². The van der Waals surface area contributed by atoms with Gasteiger partial charge in [-0.1, -0.05) is 29.8 Å². The Bertz CT molecular complexity index is 673. The van der Waals surface area contributed by atoms with Crippen LogP contribution in [0.15, 0.2) is 24.3 Å². The molecule has 2 rings (SSSR count). The average Bonchev–Trinajstić information content (AvgIpc) is 3.04. The zero-order valence-electron chi connectivity index (χ0n) is 16.8. The first-order valence-electron chi connectivity index (χ1n) is 9.28. The molecule has 1 aliphatic heterocycles. The van der Waals surface area contributed by atoms with Gasteiger partial charge in [-0.25, -0.2) is 4.79 Å². The summed E-state index contributed by atoms with van der Waals surface area (Å²) < 4.78 is 5.43. The number of likely N-dealkylation sites (N-methyl/N-ethyl adjacent to an activating group) is 1. The first-order chi connectivity index (χ1) is 12.6. The Hall–Kier alpha value is -1.79. The number of rotatable bonds is 5. The highest BCUT2D eigenvalue weighted by atomic mass is 35.5. The van der Waals surface area contributed by atoms with Crippen molar-refractivity contribution in [2.24, 2.45) is 0 Å². The number of ether oxygens (including phenoxy) is 1. The molecule has 0 aliphatic carbocycles. The van der Waals surface area contributed by atoms with E-state index in [9.17, 15) is 9.59 Å². The molecule has 1 aromatic carbocycles. The lowest BCUT2D eigenvalue weighted by atomic mass is 10.1. The molecule has 27 heavy (non-hydrogen) atoms. The van der Waals surface area contributed by atoms with E-state index in [1.165, 1.54) is 4.90 Å². The molecule has 1 aliphatic rings. The lowest BCUT2D eigenvalue weighted by Gasteiger charge is -2.29. The van der Waals surface area contributed by atoms with Gasteiger partial charge in [0.25, 0.3) is 0 Å². The smallest absolute Gasteiger partial charge is 0.410 e. The maximum atomic E-state index is 12.8. The van der Waals surface area contributed by atoms with Gasteiger partial charge in [-0.15, -0.1) is 0 Å². The van der Waals surface area contributed by atoms with Crippen LogP contribution in [0.25, 0.3) is 0 Å². The van der Waals surface area contributed by atoms with E-state index in [4.69, 9.17) is 16.3 Å². The Kier molecular flexibility index (Phi) is 7.12. The maximum absolute atomic E-state index is 12.8. The van der Waals surface area contributed by atoms with Gasteiger partial charge < -0.3 is 15.0 Å². The van der Waals surface area contributed by atoms with Crippen LogP contribution in [0.5, 0.6) is 0 Å². The van der Waals surface area contributed by atoms with Crippen LogP contribution in [0.1, 0.15) is 45.2 Å². The largest absolute Gasteiger partial charge is 0.444 e. The quantitative estimate of drug-likeness (QED) is 0.829. The van der Waals surface area contributed by atoms with Crippen molar-refractivity contribution >= 4 is 23.6 Å². The van der Waals surface area contributed by atoms with E-state index in [2.05, 4.69) is 5.32 Å². The molecule has 1 fully saturated rings. The van der Waals surface area contributed by atoms with Gasteiger partial charge in [0.05, 0.1) is 6.04 Å². The summed E-state index contributed by atoms with van der Waals surface area (Å²) in [7, 11) is 3.89. The van der Waals surface area contributed by atoms with E-state index >= 15 is 0 Å². The highest BCUT2D eigenvalue weighted by molar-refractivity contribution is 6.31. The van der Waals surface area contributed by atoms with Crippen LogP contribution < -0.4 is 5.32 Å². The Morgan fingerprint density at radius 1 is 1.33 bits per heavy atom. The van der Waals surface area contributed by atoms with Crippen molar-refractivity contribution < 1.29 is 14.3 Å². The number of hydrogen-bond donors (Lipinski definition) is 1. The van der Waals surface area contributed by atoms with Crippen molar-refractivity contribution in [3.05, 3.63) is 34.9 Å². The second-order valence-corrected chi connectivity index (χ2v) is 8.49. The van der Waals surface area contributed by atoms with Gasteiger partial charge in [0.2, 0.25) is 5.91 Å². The molecular formula is C20H30ClN3O3. The van der Waals surface area contributed by atoms with E-state index in [0.29, 0.717) is 24.5 Å². The molecule has 0 spiro atoms. The van der Waals surface area contributed by atoms with Crippen molar-refractivity contribution in [2.45, 2.75) is 51.3 Å². The van der Waals surface area contributed by atoms with Gasteiger partial charge >= 0.3 is 6.09 Å². The lowest BCUT2D eigenvalue weighted by Crippen LogP contribution is -2.48. The van der Waals surface area contributed by atoms with Gasteiger partial charge in [0.15, 0.2) is 0 Å². The number of carbonyl (C=O) groups excluding carboxylic acids is 2. The third-order valence-electron chi connectivity index (χ3n) is 4.54. The number of nitrogens with one attached hydrogen (secondary N) is 1. The Morgan fingerprint density at radius 3 is 2.59 bits per heavy atom. The number of amides is 2. The van der Waals surface area contributed by atoms with Gasteiger partial charge in [-0.05, 0) is 59.3 Å². The number of benzene rings is 1. The fourth-order valence-electron chi connectivity index (χ4n) is 3.21. The molecule has 7 heteroatoms. The maximum Gasteiger partial charge on any atom is 0.410 e. The molecule has 1 N–H and O–H groups in total. The van der Waals surface area contributed by atoms with Crippen LogP contribution in [0.4, 0.5) is 4.79 Å². The van der Waals surface area contributed by atoms with Gasteiger partial charge in [-0.3, -0.25) is 9.69 Å². The number of halogens is 1. The first-order valence-corrected chi connectivity index (χ1v) is 9.66. The summed E-state index contributed by atoms with van der Waals surface area (Å²) in [5.41, 5.74) is 0.376. The predicted molar refractivity (Wildman–Crippen MR) is 107 cm³/mol. The topological polar surface area (TPSA) is 61.9 Å². The Balaban J connectivity index is 2.02. The van der Waals surface area contributed by atoms with E-state index in [1.54, 1.807) is 0 Å². The van der Waals surface area contributed by atoms with Crippen molar-refractivity contribution in [1.29, 1.82) is 0 Å². The van der Waals surface area contributed by atoms with Crippen LogP contribution in [0, 0.1) is 0 Å². The predicted octanol–water partition coefficient (Wildman–Crippen LogP) is 3.46. The fourth-order valence-corrected chi connectivity index (χ4v) is 3.47. The third kappa shape index (κ3) is 5.84. The molecule has 150 valence electrons. The second kappa shape index (κ2) is 8.93. The van der Waals surface area contributed by atoms with Gasteiger partial charge in [0, 0.05) is 18.1 Å². The first kappa shape index (κ1) is 21.5. The second-order valence-electron chi connectivity index (χ2n) is 8.08. The van der Waals surface area contributed by atoms with Crippen LogP contribution in [0.3, 0.4) is 0 Å². The number of nitrogens with zero attached hydrogens (tertiary/aromatic N) is 2. The molecule has 0 radical (unpaired) electrons. The fraction of sp³-hybridized carbons (Fsp3) is 0.600. The highest BCUT2D eigenvalue weighted by Gasteiger charge is 2.36. The minimum atomic E-state index is -0.583. The zero-order chi connectivity index (χ0) is 20.2. The summed E-state index contributed by atoms with van der Waals surface area (Å²) in [6, 6.07) is 7.07. The minimum absolute atomic E-state index is 0.0565. The van der Waals surface area contributed by atoms with Crippen LogP contribution in [0.2, 0.25) is 5.02 Å². The summed E-state index contributed by atoms with van der Waals surface area (Å²) in [6.45, 7) is 6.41. The minimum Gasteiger partial charge on any atom is -0.444 e. The molecule has 2 unspecified atom stereocenters. The Morgan fingerprint density at radius 2 is 2.00 bits per heavy atom. The lowest BCUT2D eigenvalue weighted by molar-refractivity contribution is -0.125. The summed E-state index contributed by atoms with van der Waals surface area (Å²) in [4.78, 5) is 28.7. The van der Waals surface area contributed by atoms with Gasteiger partial charge in [-0.2, -0.15) is 0 Å². The van der Waals surface area contributed by atoms with Crippen LogP contribution >= 0.6 is 11.6 Å². The zero-order valence-corrected chi connectivity index (χ0v) is 17.5. The molecule has 1 heterocycles. The highest BCUT2D eigenvalue weighted by Crippen LogP contribution is 2.26. The average molecular weight is 396 g/mol. The third-order valence-corrected chi connectivity index (χ3v) is 4.88. The summed E-state index contributed by atoms with van der Waals surface area (Å²) in [5.74, 6) is -0.155. The van der Waals surface area contributed by atoms with E-state index in [0.717, 1.165) is 12.0 Å². The normalized spacial score (nSPS) is 18.5. The number of likely N-dealkylation sites (tertiary alicyclic amines) is 1. The number of hydrogen-bond acceptors (Lipinski definition) is 4. The Labute approximate surface area is 166 Å². The van der Waals surface area contributed by atoms with Gasteiger partial charge in [0.1, 0.15) is 11.6 Å². The van der Waals surface area contributed by atoms with E-state index < -0.39 is 17.7 Å². The van der Waals surface area contributed by atoms with Crippen molar-refractivity contribution in [2.75, 3.05) is 27.2 Å². The molecule has 0 aromatic heterocycles. The summed E-state index contributed by atoms with van der Waals surface area (Å²) in [6.07, 6.45) is 0.998. The van der Waals surface area contributed by atoms with Crippen LogP contribution in [-0.4, -0.2) is 60.6 Å². The standard InChI is InChI=1S/C20H30ClN3O3/c1-20(2,3)27-19(26)24-12-8-11-16(24)18(25)22-13-17(23(4)5)14-9-6-7-10-15(14)21/h6-7,9-10,16-17H,8,11-13H2,1-5H3,(H,22,25). The van der Waals surface area contributed by atoms with Crippen molar-refractivity contribution in [3.8, 4) is 0 Å². The number of carbonyl (C=O) groups is 2. The molecule has 2 atom stereocenters. The summed E-state index contributed by atoms with van der Waals surface area (Å²) in [5, 5.41) is 3.66. The molecule has 1 saturated heterocycles. The van der Waals surface area contributed by atoms with E-state index in [1.807, 2.05) is 64.0 Å². The molecule has 0 saturated carbocycles. The molecular weight excluding hydrogens is 366 g/mol. The molecule has 1 aromatic rings. The van der Waals surface area contributed by atoms with Crippen molar-refractivity contribution in [1.82, 2.24) is 15.1 Å². The molecule has 2 amide bonds. The monoisotopic (exact) mass is 395 g/mol. The molecule has 6 nitrogen and oxygen atoms in total. The van der Waals surface area contributed by atoms with Crippen LogP contribution in [-0.2, 0) is 9.53 Å². The van der Waals surface area contributed by atoms with E-state index in [-0.39, 0.29) is 11.9 Å². The molecule has 0 bridgehead atoms. The SMILES string of the molecule is CN(C)C(CNC(=O)C1CCCN1C(=O)OC(C)(C)C)c1ccccc1Cl. The summed E-state index contributed by atoms with van der Waals surface area (Å²) >= 11 is 6.32.